The normalized spacial score (nSPS) is 10.7. The lowest BCUT2D eigenvalue weighted by atomic mass is 10.1. The van der Waals surface area contributed by atoms with E-state index in [-0.39, 0.29) is 5.92 Å². The van der Waals surface area contributed by atoms with E-state index in [9.17, 15) is 4.79 Å². The molecule has 1 rings (SSSR count). The van der Waals surface area contributed by atoms with Crippen LogP contribution in [-0.2, 0) is 4.79 Å². The van der Waals surface area contributed by atoms with Gasteiger partial charge in [0.2, 0.25) is 0 Å². The molecule has 0 unspecified atom stereocenters. The first kappa shape index (κ1) is 12.3. The highest BCUT2D eigenvalue weighted by molar-refractivity contribution is 8.00. The predicted molar refractivity (Wildman–Crippen MR) is 66.5 cm³/mol. The quantitative estimate of drug-likeness (QED) is 0.724. The van der Waals surface area contributed by atoms with E-state index in [2.05, 4.69) is 32.0 Å². The van der Waals surface area contributed by atoms with Gasteiger partial charge in [0.05, 0.1) is 5.75 Å². The maximum absolute atomic E-state index is 11.5. The van der Waals surface area contributed by atoms with Crippen molar-refractivity contribution in [3.63, 3.8) is 0 Å². The number of ketones is 1. The molecule has 82 valence electrons. The summed E-state index contributed by atoms with van der Waals surface area (Å²) in [4.78, 5) is 12.7. The van der Waals surface area contributed by atoms with E-state index in [1.54, 1.807) is 11.8 Å². The number of Topliss-reactive ketones (excluding diaryl/α,β-unsaturated/α-hetero) is 1. The Morgan fingerprint density at radius 3 is 2.60 bits per heavy atom. The highest BCUT2D eigenvalue weighted by Crippen LogP contribution is 2.24. The summed E-state index contributed by atoms with van der Waals surface area (Å²) in [5.74, 6) is 1.05. The third-order valence-corrected chi connectivity index (χ3v) is 3.54. The molecule has 0 radical (unpaired) electrons. The summed E-state index contributed by atoms with van der Waals surface area (Å²) in [6.45, 7) is 8.06. The summed E-state index contributed by atoms with van der Waals surface area (Å²) in [7, 11) is 0. The molecule has 0 amide bonds. The zero-order chi connectivity index (χ0) is 11.4. The Kier molecular flexibility index (Phi) is 4.40. The Morgan fingerprint density at radius 1 is 1.33 bits per heavy atom. The zero-order valence-electron chi connectivity index (χ0n) is 9.83. The molecular formula is C13H18OS. The molecule has 0 heterocycles. The van der Waals surface area contributed by atoms with Crippen molar-refractivity contribution in [2.24, 2.45) is 5.92 Å². The van der Waals surface area contributed by atoms with Gasteiger partial charge in [-0.2, -0.15) is 0 Å². The molecule has 0 N–H and O–H groups in total. The van der Waals surface area contributed by atoms with Gasteiger partial charge in [-0.25, -0.2) is 0 Å². The van der Waals surface area contributed by atoms with Gasteiger partial charge >= 0.3 is 0 Å². The minimum Gasteiger partial charge on any atom is -0.298 e. The van der Waals surface area contributed by atoms with Crippen LogP contribution in [0.2, 0.25) is 0 Å². The molecule has 2 heteroatoms. The molecule has 0 spiro atoms. The molecule has 0 bridgehead atoms. The van der Waals surface area contributed by atoms with Crippen LogP contribution in [0.25, 0.3) is 0 Å². The van der Waals surface area contributed by atoms with Crippen LogP contribution in [0.4, 0.5) is 0 Å². The number of thioether (sulfide) groups is 1. The lowest BCUT2D eigenvalue weighted by molar-refractivity contribution is -0.119. The third-order valence-electron chi connectivity index (χ3n) is 2.36. The lowest BCUT2D eigenvalue weighted by Gasteiger charge is -2.07. The molecule has 1 aromatic carbocycles. The maximum atomic E-state index is 11.5. The largest absolute Gasteiger partial charge is 0.298 e. The molecule has 15 heavy (non-hydrogen) atoms. The third kappa shape index (κ3) is 3.71. The van der Waals surface area contributed by atoms with Crippen molar-refractivity contribution in [1.29, 1.82) is 0 Å². The van der Waals surface area contributed by atoms with Crippen LogP contribution < -0.4 is 0 Å². The van der Waals surface area contributed by atoms with E-state index in [1.807, 2.05) is 13.8 Å². The van der Waals surface area contributed by atoms with Crippen molar-refractivity contribution in [2.75, 3.05) is 5.75 Å². The first-order chi connectivity index (χ1) is 7.00. The minimum absolute atomic E-state index is 0.141. The van der Waals surface area contributed by atoms with Gasteiger partial charge in [0.1, 0.15) is 5.78 Å². The second kappa shape index (κ2) is 5.36. The van der Waals surface area contributed by atoms with Crippen LogP contribution in [-0.4, -0.2) is 11.5 Å². The van der Waals surface area contributed by atoms with E-state index in [0.29, 0.717) is 11.5 Å². The van der Waals surface area contributed by atoms with Crippen molar-refractivity contribution < 1.29 is 4.79 Å². The fourth-order valence-corrected chi connectivity index (χ4v) is 2.37. The Hall–Kier alpha value is -0.760. The number of rotatable bonds is 4. The van der Waals surface area contributed by atoms with Crippen LogP contribution in [0, 0.1) is 19.8 Å². The van der Waals surface area contributed by atoms with Gasteiger partial charge in [0, 0.05) is 10.8 Å². The van der Waals surface area contributed by atoms with Crippen LogP contribution in [0.15, 0.2) is 23.1 Å². The molecule has 1 nitrogen and oxygen atoms in total. The van der Waals surface area contributed by atoms with E-state index >= 15 is 0 Å². The van der Waals surface area contributed by atoms with Gasteiger partial charge in [-0.05, 0) is 25.5 Å². The van der Waals surface area contributed by atoms with Crippen molar-refractivity contribution in [1.82, 2.24) is 0 Å². The summed E-state index contributed by atoms with van der Waals surface area (Å²) < 4.78 is 0. The molecule has 0 aromatic heterocycles. The smallest absolute Gasteiger partial charge is 0.145 e. The molecule has 0 aliphatic heterocycles. The molecule has 0 saturated carbocycles. The highest BCUT2D eigenvalue weighted by atomic mass is 32.2. The predicted octanol–water partition coefficient (Wildman–Crippen LogP) is 3.62. The molecule has 0 atom stereocenters. The van der Waals surface area contributed by atoms with Gasteiger partial charge in [-0.15, -0.1) is 11.8 Å². The van der Waals surface area contributed by atoms with E-state index in [0.717, 1.165) is 0 Å². The lowest BCUT2D eigenvalue weighted by Crippen LogP contribution is -2.09. The summed E-state index contributed by atoms with van der Waals surface area (Å²) in [5.41, 5.74) is 2.50. The first-order valence-electron chi connectivity index (χ1n) is 5.23. The SMILES string of the molecule is Cc1ccc(C)c(SCC(=O)C(C)C)c1. The van der Waals surface area contributed by atoms with E-state index in [1.165, 1.54) is 16.0 Å². The Bertz CT molecular complexity index is 356. The van der Waals surface area contributed by atoms with Gasteiger partial charge in [0.15, 0.2) is 0 Å². The fourth-order valence-electron chi connectivity index (χ4n) is 1.18. The number of carbonyl (C=O) groups is 1. The number of hydrogen-bond acceptors (Lipinski definition) is 2. The van der Waals surface area contributed by atoms with E-state index in [4.69, 9.17) is 0 Å². The Morgan fingerprint density at radius 2 is 2.00 bits per heavy atom. The van der Waals surface area contributed by atoms with E-state index < -0.39 is 0 Å². The minimum atomic E-state index is 0.141. The van der Waals surface area contributed by atoms with Gasteiger partial charge in [-0.1, -0.05) is 31.5 Å². The topological polar surface area (TPSA) is 17.1 Å². The average molecular weight is 222 g/mol. The first-order valence-corrected chi connectivity index (χ1v) is 6.22. The number of benzene rings is 1. The molecule has 1 aromatic rings. The molecule has 0 fully saturated rings. The summed E-state index contributed by atoms with van der Waals surface area (Å²) in [6, 6.07) is 6.36. The highest BCUT2D eigenvalue weighted by Gasteiger charge is 2.08. The number of aryl methyl sites for hydroxylation is 2. The van der Waals surface area contributed by atoms with Crippen molar-refractivity contribution >= 4 is 17.5 Å². The molecule has 0 saturated heterocycles. The molecule has 0 aliphatic carbocycles. The summed E-state index contributed by atoms with van der Waals surface area (Å²) in [5, 5.41) is 0. The van der Waals surface area contributed by atoms with Crippen molar-refractivity contribution in [2.45, 2.75) is 32.6 Å². The maximum Gasteiger partial charge on any atom is 0.145 e. The van der Waals surface area contributed by atoms with Crippen molar-refractivity contribution in [3.05, 3.63) is 29.3 Å². The average Bonchev–Trinajstić information content (AvgIpc) is 2.18. The summed E-state index contributed by atoms with van der Waals surface area (Å²) in [6.07, 6.45) is 0. The van der Waals surface area contributed by atoms with Crippen LogP contribution in [0.5, 0.6) is 0 Å². The monoisotopic (exact) mass is 222 g/mol. The van der Waals surface area contributed by atoms with Gasteiger partial charge < -0.3 is 0 Å². The molecular weight excluding hydrogens is 204 g/mol. The fraction of sp³-hybridized carbons (Fsp3) is 0.462. The molecule has 0 aliphatic rings. The standard InChI is InChI=1S/C13H18OS/c1-9(2)12(14)8-15-13-7-10(3)5-6-11(13)4/h5-7,9H,8H2,1-4H3. The second-order valence-corrected chi connectivity index (χ2v) is 5.20. The number of carbonyl (C=O) groups excluding carboxylic acids is 1. The van der Waals surface area contributed by atoms with Crippen LogP contribution in [0.1, 0.15) is 25.0 Å². The van der Waals surface area contributed by atoms with Gasteiger partial charge in [-0.3, -0.25) is 4.79 Å². The van der Waals surface area contributed by atoms with Crippen molar-refractivity contribution in [3.8, 4) is 0 Å². The second-order valence-electron chi connectivity index (χ2n) is 4.18. The van der Waals surface area contributed by atoms with Gasteiger partial charge in [0.25, 0.3) is 0 Å². The zero-order valence-corrected chi connectivity index (χ0v) is 10.6. The van der Waals surface area contributed by atoms with Crippen LogP contribution in [0.3, 0.4) is 0 Å². The van der Waals surface area contributed by atoms with Crippen LogP contribution >= 0.6 is 11.8 Å². The summed E-state index contributed by atoms with van der Waals surface area (Å²) >= 11 is 1.65. The number of hydrogen-bond donors (Lipinski definition) is 0. The Labute approximate surface area is 96.3 Å². The Balaban J connectivity index is 2.65.